The molecular formula is C16H23BrN2O2. The van der Waals surface area contributed by atoms with Gasteiger partial charge in [0.2, 0.25) is 11.8 Å². The lowest BCUT2D eigenvalue weighted by atomic mass is 10.2. The number of rotatable bonds is 7. The van der Waals surface area contributed by atoms with Crippen LogP contribution in [0.15, 0.2) is 22.7 Å². The van der Waals surface area contributed by atoms with Crippen LogP contribution < -0.4 is 10.2 Å². The summed E-state index contributed by atoms with van der Waals surface area (Å²) < 4.78 is 0.955. The molecule has 0 aliphatic heterocycles. The minimum absolute atomic E-state index is 0.0595. The van der Waals surface area contributed by atoms with E-state index < -0.39 is 0 Å². The van der Waals surface area contributed by atoms with Gasteiger partial charge in [-0.3, -0.25) is 9.59 Å². The van der Waals surface area contributed by atoms with Crippen LogP contribution in [-0.2, 0) is 9.59 Å². The van der Waals surface area contributed by atoms with Crippen LogP contribution in [0.25, 0.3) is 0 Å². The van der Waals surface area contributed by atoms with Crippen LogP contribution >= 0.6 is 15.9 Å². The van der Waals surface area contributed by atoms with Crippen LogP contribution in [0.4, 0.5) is 5.69 Å². The molecule has 2 amide bonds. The predicted octanol–water partition coefficient (Wildman–Crippen LogP) is 3.42. The highest BCUT2D eigenvalue weighted by Crippen LogP contribution is 2.23. The Hall–Kier alpha value is -1.36. The number of aryl methyl sites for hydroxylation is 1. The Morgan fingerprint density at radius 3 is 2.57 bits per heavy atom. The average Bonchev–Trinajstić information content (AvgIpc) is 2.41. The highest BCUT2D eigenvalue weighted by atomic mass is 79.9. The van der Waals surface area contributed by atoms with E-state index in [-0.39, 0.29) is 18.4 Å². The van der Waals surface area contributed by atoms with E-state index in [1.54, 1.807) is 0 Å². The van der Waals surface area contributed by atoms with E-state index in [1.807, 2.05) is 25.1 Å². The van der Waals surface area contributed by atoms with Crippen LogP contribution in [0.1, 0.15) is 38.7 Å². The molecular weight excluding hydrogens is 332 g/mol. The highest BCUT2D eigenvalue weighted by molar-refractivity contribution is 9.10. The van der Waals surface area contributed by atoms with Crippen LogP contribution in [0.3, 0.4) is 0 Å². The SMILES string of the molecule is CCCCCNC(=O)CN(C(C)=O)c1ccc(Br)cc1C. The molecule has 0 atom stereocenters. The molecule has 0 heterocycles. The third kappa shape index (κ3) is 5.87. The number of anilines is 1. The van der Waals surface area contributed by atoms with Crippen LogP contribution in [-0.4, -0.2) is 24.9 Å². The summed E-state index contributed by atoms with van der Waals surface area (Å²) in [5.41, 5.74) is 1.73. The van der Waals surface area contributed by atoms with Crippen molar-refractivity contribution >= 4 is 33.4 Å². The lowest BCUT2D eigenvalue weighted by Gasteiger charge is -2.22. The van der Waals surface area contributed by atoms with Gasteiger partial charge < -0.3 is 10.2 Å². The molecule has 0 aliphatic carbocycles. The normalized spacial score (nSPS) is 10.3. The van der Waals surface area contributed by atoms with Crippen LogP contribution in [0.2, 0.25) is 0 Å². The van der Waals surface area contributed by atoms with Gasteiger partial charge in [0.1, 0.15) is 6.54 Å². The van der Waals surface area contributed by atoms with Crippen molar-refractivity contribution in [2.24, 2.45) is 0 Å². The number of nitrogens with zero attached hydrogens (tertiary/aromatic N) is 1. The third-order valence-corrected chi connectivity index (χ3v) is 3.73. The van der Waals surface area contributed by atoms with Gasteiger partial charge in [0.05, 0.1) is 0 Å². The van der Waals surface area contributed by atoms with Crippen molar-refractivity contribution in [2.75, 3.05) is 18.0 Å². The molecule has 4 nitrogen and oxygen atoms in total. The maximum atomic E-state index is 12.0. The minimum Gasteiger partial charge on any atom is -0.355 e. The Morgan fingerprint density at radius 1 is 1.29 bits per heavy atom. The monoisotopic (exact) mass is 354 g/mol. The molecule has 0 bridgehead atoms. The molecule has 1 N–H and O–H groups in total. The van der Waals surface area contributed by atoms with Crippen molar-refractivity contribution < 1.29 is 9.59 Å². The summed E-state index contributed by atoms with van der Waals surface area (Å²) in [7, 11) is 0. The summed E-state index contributed by atoms with van der Waals surface area (Å²) in [6, 6.07) is 5.66. The fourth-order valence-electron chi connectivity index (χ4n) is 2.09. The first-order valence-electron chi connectivity index (χ1n) is 7.26. The van der Waals surface area contributed by atoms with E-state index in [4.69, 9.17) is 0 Å². The maximum Gasteiger partial charge on any atom is 0.240 e. The van der Waals surface area contributed by atoms with Gasteiger partial charge in [0.15, 0.2) is 0 Å². The summed E-state index contributed by atoms with van der Waals surface area (Å²) in [4.78, 5) is 25.3. The Morgan fingerprint density at radius 2 is 2.00 bits per heavy atom. The molecule has 0 saturated heterocycles. The summed E-state index contributed by atoms with van der Waals surface area (Å²) >= 11 is 3.40. The molecule has 1 aromatic rings. The zero-order valence-corrected chi connectivity index (χ0v) is 14.5. The topological polar surface area (TPSA) is 49.4 Å². The third-order valence-electron chi connectivity index (χ3n) is 3.23. The van der Waals surface area contributed by atoms with E-state index in [0.717, 1.165) is 35.0 Å². The number of unbranched alkanes of at least 4 members (excludes halogenated alkanes) is 2. The van der Waals surface area contributed by atoms with Gasteiger partial charge in [-0.2, -0.15) is 0 Å². The predicted molar refractivity (Wildman–Crippen MR) is 89.4 cm³/mol. The number of hydrogen-bond donors (Lipinski definition) is 1. The minimum atomic E-state index is -0.135. The zero-order chi connectivity index (χ0) is 15.8. The van der Waals surface area contributed by atoms with E-state index in [2.05, 4.69) is 28.2 Å². The maximum absolute atomic E-state index is 12.0. The molecule has 0 aliphatic rings. The second-order valence-electron chi connectivity index (χ2n) is 5.09. The Bertz CT molecular complexity index is 503. The lowest BCUT2D eigenvalue weighted by molar-refractivity contribution is -0.123. The molecule has 1 rings (SSSR count). The summed E-state index contributed by atoms with van der Waals surface area (Å²) in [6.45, 7) is 6.25. The van der Waals surface area contributed by atoms with E-state index in [1.165, 1.54) is 11.8 Å². The fraction of sp³-hybridized carbons (Fsp3) is 0.500. The van der Waals surface area contributed by atoms with Gasteiger partial charge in [-0.25, -0.2) is 0 Å². The summed E-state index contributed by atoms with van der Waals surface area (Å²) in [6.07, 6.45) is 3.19. The number of nitrogens with one attached hydrogen (secondary N) is 1. The second-order valence-corrected chi connectivity index (χ2v) is 6.01. The molecule has 0 saturated carbocycles. The molecule has 0 aromatic heterocycles. The number of amides is 2. The molecule has 21 heavy (non-hydrogen) atoms. The van der Waals surface area contributed by atoms with Gasteiger partial charge in [-0.1, -0.05) is 35.7 Å². The smallest absolute Gasteiger partial charge is 0.240 e. The average molecular weight is 355 g/mol. The molecule has 0 unspecified atom stereocenters. The Balaban J connectivity index is 2.70. The van der Waals surface area contributed by atoms with E-state index >= 15 is 0 Å². The number of halogens is 1. The molecule has 0 fully saturated rings. The van der Waals surface area contributed by atoms with Crippen LogP contribution in [0, 0.1) is 6.92 Å². The molecule has 1 aromatic carbocycles. The van der Waals surface area contributed by atoms with E-state index in [9.17, 15) is 9.59 Å². The first-order chi connectivity index (χ1) is 9.95. The zero-order valence-electron chi connectivity index (χ0n) is 12.9. The van der Waals surface area contributed by atoms with Crippen molar-refractivity contribution in [3.63, 3.8) is 0 Å². The van der Waals surface area contributed by atoms with Crippen molar-refractivity contribution in [1.82, 2.24) is 5.32 Å². The van der Waals surface area contributed by atoms with Crippen molar-refractivity contribution in [1.29, 1.82) is 0 Å². The number of benzene rings is 1. The number of hydrogen-bond acceptors (Lipinski definition) is 2. The Kier molecular flexibility index (Phi) is 7.43. The fourth-order valence-corrected chi connectivity index (χ4v) is 2.57. The van der Waals surface area contributed by atoms with Gasteiger partial charge in [-0.15, -0.1) is 0 Å². The molecule has 0 radical (unpaired) electrons. The molecule has 5 heteroatoms. The largest absolute Gasteiger partial charge is 0.355 e. The van der Waals surface area contributed by atoms with Crippen molar-refractivity contribution in [2.45, 2.75) is 40.0 Å². The first kappa shape index (κ1) is 17.7. The standard InChI is InChI=1S/C16H23BrN2O2/c1-4-5-6-9-18-16(21)11-19(13(3)20)15-8-7-14(17)10-12(15)2/h7-8,10H,4-6,9,11H2,1-3H3,(H,18,21). The highest BCUT2D eigenvalue weighted by Gasteiger charge is 2.17. The Labute approximate surface area is 135 Å². The van der Waals surface area contributed by atoms with Crippen molar-refractivity contribution in [3.8, 4) is 0 Å². The number of carbonyl (C=O) groups is 2. The number of carbonyl (C=O) groups excluding carboxylic acids is 2. The second kappa shape index (κ2) is 8.82. The van der Waals surface area contributed by atoms with Gasteiger partial charge in [0, 0.05) is 23.6 Å². The first-order valence-corrected chi connectivity index (χ1v) is 8.06. The van der Waals surface area contributed by atoms with Crippen LogP contribution in [0.5, 0.6) is 0 Å². The summed E-state index contributed by atoms with van der Waals surface area (Å²) in [5.74, 6) is -0.257. The van der Waals surface area contributed by atoms with Gasteiger partial charge in [-0.05, 0) is 37.1 Å². The van der Waals surface area contributed by atoms with Gasteiger partial charge in [0.25, 0.3) is 0 Å². The van der Waals surface area contributed by atoms with E-state index in [0.29, 0.717) is 6.54 Å². The summed E-state index contributed by atoms with van der Waals surface area (Å²) in [5, 5.41) is 2.86. The molecule has 0 spiro atoms. The lowest BCUT2D eigenvalue weighted by Crippen LogP contribution is -2.40. The van der Waals surface area contributed by atoms with Gasteiger partial charge >= 0.3 is 0 Å². The van der Waals surface area contributed by atoms with Crippen molar-refractivity contribution in [3.05, 3.63) is 28.2 Å². The molecule has 116 valence electrons. The quantitative estimate of drug-likeness (QED) is 0.762.